The minimum Gasteiger partial charge on any atom is -0.398 e. The lowest BCUT2D eigenvalue weighted by Gasteiger charge is -2.05. The summed E-state index contributed by atoms with van der Waals surface area (Å²) in [6, 6.07) is 5.74. The van der Waals surface area contributed by atoms with Crippen LogP contribution in [0.2, 0.25) is 0 Å². The van der Waals surface area contributed by atoms with Gasteiger partial charge in [0.1, 0.15) is 5.82 Å². The van der Waals surface area contributed by atoms with Gasteiger partial charge in [-0.05, 0) is 24.1 Å². The lowest BCUT2D eigenvalue weighted by Crippen LogP contribution is -2.13. The van der Waals surface area contributed by atoms with Crippen molar-refractivity contribution in [3.8, 4) is 0 Å². The van der Waals surface area contributed by atoms with Crippen LogP contribution >= 0.6 is 11.8 Å². The van der Waals surface area contributed by atoms with Crippen LogP contribution in [-0.4, -0.2) is 16.8 Å². The maximum Gasteiger partial charge on any atom is 0.237 e. The van der Waals surface area contributed by atoms with Gasteiger partial charge in [-0.2, -0.15) is 0 Å². The molecule has 0 radical (unpaired) electrons. The molecule has 0 fully saturated rings. The van der Waals surface area contributed by atoms with E-state index in [1.165, 1.54) is 18.2 Å². The van der Waals surface area contributed by atoms with Crippen molar-refractivity contribution in [1.29, 1.82) is 0 Å². The Morgan fingerprint density at radius 3 is 2.90 bits per heavy atom. The summed E-state index contributed by atoms with van der Waals surface area (Å²) in [4.78, 5) is 12.3. The van der Waals surface area contributed by atoms with Gasteiger partial charge in [-0.15, -0.1) is 11.8 Å². The number of thioether (sulfide) groups is 1. The summed E-state index contributed by atoms with van der Waals surface area (Å²) in [6.07, 6.45) is 0. The highest BCUT2D eigenvalue weighted by Crippen LogP contribution is 2.26. The SMILES string of the molecule is CC(C)c1cc(NC(=O)CSc2cc(F)ccc2N)on1. The average Bonchev–Trinajstić information content (AvgIpc) is 2.88. The third kappa shape index (κ3) is 4.22. The molecule has 2 rings (SSSR count). The molecule has 1 aromatic carbocycles. The highest BCUT2D eigenvalue weighted by atomic mass is 32.2. The molecule has 0 saturated heterocycles. The monoisotopic (exact) mass is 309 g/mol. The number of aromatic nitrogens is 1. The number of nitrogens with one attached hydrogen (secondary N) is 1. The number of benzene rings is 1. The van der Waals surface area contributed by atoms with Gasteiger partial charge in [0.15, 0.2) is 0 Å². The number of rotatable bonds is 5. The molecule has 0 aliphatic rings. The molecular weight excluding hydrogens is 293 g/mol. The van der Waals surface area contributed by atoms with E-state index in [4.69, 9.17) is 10.3 Å². The van der Waals surface area contributed by atoms with Gasteiger partial charge in [0, 0.05) is 16.6 Å². The molecule has 0 unspecified atom stereocenters. The van der Waals surface area contributed by atoms with Gasteiger partial charge >= 0.3 is 0 Å². The third-order valence-electron chi connectivity index (χ3n) is 2.72. The Bertz CT molecular complexity index is 643. The minimum absolute atomic E-state index is 0.103. The zero-order valence-electron chi connectivity index (χ0n) is 11.7. The summed E-state index contributed by atoms with van der Waals surface area (Å²) >= 11 is 1.16. The van der Waals surface area contributed by atoms with E-state index in [0.29, 0.717) is 16.5 Å². The maximum atomic E-state index is 13.1. The molecule has 0 aliphatic carbocycles. The summed E-state index contributed by atoms with van der Waals surface area (Å²) in [5.41, 5.74) is 6.93. The largest absolute Gasteiger partial charge is 0.398 e. The van der Waals surface area contributed by atoms with Gasteiger partial charge in [0.05, 0.1) is 11.4 Å². The van der Waals surface area contributed by atoms with Gasteiger partial charge in [0.2, 0.25) is 11.8 Å². The number of carbonyl (C=O) groups is 1. The number of amides is 1. The minimum atomic E-state index is -0.385. The van der Waals surface area contributed by atoms with Crippen LogP contribution in [0.25, 0.3) is 0 Å². The zero-order chi connectivity index (χ0) is 15.4. The van der Waals surface area contributed by atoms with E-state index in [9.17, 15) is 9.18 Å². The summed E-state index contributed by atoms with van der Waals surface area (Å²) in [7, 11) is 0. The number of nitrogens with zero attached hydrogens (tertiary/aromatic N) is 1. The van der Waals surface area contributed by atoms with Gasteiger partial charge in [-0.25, -0.2) is 4.39 Å². The second kappa shape index (κ2) is 6.62. The van der Waals surface area contributed by atoms with Gasteiger partial charge in [0.25, 0.3) is 0 Å². The van der Waals surface area contributed by atoms with Crippen LogP contribution in [0.3, 0.4) is 0 Å². The van der Waals surface area contributed by atoms with Crippen LogP contribution in [0, 0.1) is 5.82 Å². The van der Waals surface area contributed by atoms with Crippen molar-refractivity contribution in [3.05, 3.63) is 35.8 Å². The van der Waals surface area contributed by atoms with Crippen molar-refractivity contribution < 1.29 is 13.7 Å². The van der Waals surface area contributed by atoms with E-state index in [0.717, 1.165) is 17.5 Å². The first kappa shape index (κ1) is 15.4. The van der Waals surface area contributed by atoms with Gasteiger partial charge < -0.3 is 10.3 Å². The van der Waals surface area contributed by atoms with Crippen LogP contribution in [0.1, 0.15) is 25.5 Å². The molecule has 7 heteroatoms. The van der Waals surface area contributed by atoms with Crippen molar-refractivity contribution >= 4 is 29.2 Å². The van der Waals surface area contributed by atoms with E-state index in [-0.39, 0.29) is 23.4 Å². The highest BCUT2D eigenvalue weighted by Gasteiger charge is 2.11. The van der Waals surface area contributed by atoms with Crippen LogP contribution in [0.15, 0.2) is 33.7 Å². The van der Waals surface area contributed by atoms with Gasteiger partial charge in [-0.1, -0.05) is 19.0 Å². The predicted molar refractivity (Wildman–Crippen MR) is 80.8 cm³/mol. The number of nitrogen functional groups attached to an aromatic ring is 1. The number of carbonyl (C=O) groups excluding carboxylic acids is 1. The number of halogens is 1. The molecule has 0 saturated carbocycles. The molecule has 3 N–H and O–H groups in total. The molecule has 0 aliphatic heterocycles. The second-order valence-corrected chi connectivity index (χ2v) is 5.81. The molecule has 1 heterocycles. The van der Waals surface area contributed by atoms with Crippen LogP contribution < -0.4 is 11.1 Å². The highest BCUT2D eigenvalue weighted by molar-refractivity contribution is 8.00. The summed E-state index contributed by atoms with van der Waals surface area (Å²) < 4.78 is 18.1. The van der Waals surface area contributed by atoms with Crippen molar-refractivity contribution in [1.82, 2.24) is 5.16 Å². The van der Waals surface area contributed by atoms with E-state index < -0.39 is 0 Å². The molecule has 0 atom stereocenters. The first-order valence-electron chi connectivity index (χ1n) is 6.40. The van der Waals surface area contributed by atoms with Crippen molar-refractivity contribution in [2.75, 3.05) is 16.8 Å². The van der Waals surface area contributed by atoms with Crippen molar-refractivity contribution in [3.63, 3.8) is 0 Å². The molecule has 1 amide bonds. The fourth-order valence-corrected chi connectivity index (χ4v) is 2.36. The summed E-state index contributed by atoms with van der Waals surface area (Å²) in [5, 5.41) is 6.44. The van der Waals surface area contributed by atoms with Crippen molar-refractivity contribution in [2.45, 2.75) is 24.7 Å². The number of hydrogen-bond acceptors (Lipinski definition) is 5. The lowest BCUT2D eigenvalue weighted by molar-refractivity contribution is -0.113. The Morgan fingerprint density at radius 2 is 2.24 bits per heavy atom. The fraction of sp³-hybridized carbons (Fsp3) is 0.286. The van der Waals surface area contributed by atoms with E-state index in [1.807, 2.05) is 13.8 Å². The Balaban J connectivity index is 1.91. The van der Waals surface area contributed by atoms with E-state index >= 15 is 0 Å². The van der Waals surface area contributed by atoms with Crippen LogP contribution in [0.5, 0.6) is 0 Å². The van der Waals surface area contributed by atoms with E-state index in [2.05, 4.69) is 10.5 Å². The Hall–Kier alpha value is -2.02. The first-order valence-corrected chi connectivity index (χ1v) is 7.38. The number of anilines is 2. The topological polar surface area (TPSA) is 81.2 Å². The fourth-order valence-electron chi connectivity index (χ4n) is 1.57. The number of hydrogen-bond donors (Lipinski definition) is 2. The molecule has 5 nitrogen and oxygen atoms in total. The second-order valence-electron chi connectivity index (χ2n) is 4.79. The molecule has 2 aromatic rings. The summed E-state index contributed by atoms with van der Waals surface area (Å²) in [5.74, 6) is -0.0258. The predicted octanol–water partition coefficient (Wildman–Crippen LogP) is 3.25. The summed E-state index contributed by atoms with van der Waals surface area (Å²) in [6.45, 7) is 3.96. The molecule has 0 spiro atoms. The van der Waals surface area contributed by atoms with Crippen LogP contribution in [-0.2, 0) is 4.79 Å². The van der Waals surface area contributed by atoms with Crippen LogP contribution in [0.4, 0.5) is 16.0 Å². The van der Waals surface area contributed by atoms with E-state index in [1.54, 1.807) is 6.07 Å². The Labute approximate surface area is 126 Å². The molecule has 21 heavy (non-hydrogen) atoms. The maximum absolute atomic E-state index is 13.1. The quantitative estimate of drug-likeness (QED) is 0.654. The molecule has 1 aromatic heterocycles. The normalized spacial score (nSPS) is 10.9. The zero-order valence-corrected chi connectivity index (χ0v) is 12.5. The molecule has 112 valence electrons. The standard InChI is InChI=1S/C14H16FN3O2S/c1-8(2)11-6-14(20-18-11)17-13(19)7-21-12-5-9(15)3-4-10(12)16/h3-6,8H,7,16H2,1-2H3,(H,17,19). The molecular formula is C14H16FN3O2S. The smallest absolute Gasteiger partial charge is 0.237 e. The lowest BCUT2D eigenvalue weighted by atomic mass is 10.1. The number of nitrogens with two attached hydrogens (primary N) is 1. The molecule has 0 bridgehead atoms. The van der Waals surface area contributed by atoms with Crippen molar-refractivity contribution in [2.24, 2.45) is 0 Å². The third-order valence-corrected chi connectivity index (χ3v) is 3.79. The van der Waals surface area contributed by atoms with Gasteiger partial charge in [-0.3, -0.25) is 10.1 Å². The Morgan fingerprint density at radius 1 is 1.48 bits per heavy atom. The first-order chi connectivity index (χ1) is 9.95. The Kier molecular flexibility index (Phi) is 4.85. The average molecular weight is 309 g/mol.